The number of rotatable bonds is 6. The zero-order chi connectivity index (χ0) is 21.3. The number of fused-ring (bicyclic) bond motifs is 2. The number of ether oxygens (including phenoxy) is 2. The summed E-state index contributed by atoms with van der Waals surface area (Å²) >= 11 is 0. The summed E-state index contributed by atoms with van der Waals surface area (Å²) in [5.74, 6) is 0.838. The zero-order valence-corrected chi connectivity index (χ0v) is 16.8. The summed E-state index contributed by atoms with van der Waals surface area (Å²) in [6.45, 7) is 4.35. The summed E-state index contributed by atoms with van der Waals surface area (Å²) < 4.78 is 11.8. The van der Waals surface area contributed by atoms with Gasteiger partial charge in [0.15, 0.2) is 11.9 Å². The van der Waals surface area contributed by atoms with E-state index in [1.165, 1.54) is 12.1 Å². The third-order valence-corrected chi connectivity index (χ3v) is 5.14. The number of benzene rings is 3. The van der Waals surface area contributed by atoms with Gasteiger partial charge in [-0.25, -0.2) is 0 Å². The monoisotopic (exact) mass is 406 g/mol. The lowest BCUT2D eigenvalue weighted by molar-refractivity contribution is -0.384. The van der Waals surface area contributed by atoms with Gasteiger partial charge in [0.05, 0.1) is 23.2 Å². The van der Waals surface area contributed by atoms with Crippen LogP contribution < -0.4 is 14.4 Å². The summed E-state index contributed by atoms with van der Waals surface area (Å²) in [5.41, 5.74) is 0.446. The molecule has 0 spiro atoms. The molecule has 0 bridgehead atoms. The zero-order valence-electron chi connectivity index (χ0n) is 16.8. The van der Waals surface area contributed by atoms with Crippen LogP contribution in [0, 0.1) is 16.0 Å². The molecule has 30 heavy (non-hydrogen) atoms. The SMILES string of the molecule is CC(C)C1Oc2cc([N+](=O)[O-])ccc2N(CCOc2cccc3ccccc23)C1=O. The van der Waals surface area contributed by atoms with E-state index < -0.39 is 11.0 Å². The molecule has 0 aliphatic carbocycles. The number of nitrogens with zero attached hydrogens (tertiary/aromatic N) is 2. The molecule has 1 aliphatic heterocycles. The fourth-order valence-electron chi connectivity index (χ4n) is 3.61. The summed E-state index contributed by atoms with van der Waals surface area (Å²) in [5, 5.41) is 13.2. The van der Waals surface area contributed by atoms with Gasteiger partial charge in [0.25, 0.3) is 11.6 Å². The highest BCUT2D eigenvalue weighted by molar-refractivity contribution is 6.00. The van der Waals surface area contributed by atoms with E-state index in [0.717, 1.165) is 16.5 Å². The lowest BCUT2D eigenvalue weighted by atomic mass is 10.0. The van der Waals surface area contributed by atoms with Crippen molar-refractivity contribution in [2.24, 2.45) is 5.92 Å². The highest BCUT2D eigenvalue weighted by Crippen LogP contribution is 2.38. The second-order valence-electron chi connectivity index (χ2n) is 7.51. The van der Waals surface area contributed by atoms with Crippen LogP contribution in [-0.2, 0) is 4.79 Å². The maximum Gasteiger partial charge on any atom is 0.273 e. The summed E-state index contributed by atoms with van der Waals surface area (Å²) in [6, 6.07) is 18.1. The molecule has 0 aromatic heterocycles. The molecule has 1 heterocycles. The minimum Gasteiger partial charge on any atom is -0.491 e. The predicted molar refractivity (Wildman–Crippen MR) is 114 cm³/mol. The predicted octanol–water partition coefficient (Wildman–Crippen LogP) is 4.58. The summed E-state index contributed by atoms with van der Waals surface area (Å²) in [4.78, 5) is 25.3. The molecule has 0 radical (unpaired) electrons. The molecule has 7 nitrogen and oxygen atoms in total. The first-order valence-corrected chi connectivity index (χ1v) is 9.83. The van der Waals surface area contributed by atoms with E-state index in [9.17, 15) is 14.9 Å². The van der Waals surface area contributed by atoms with Gasteiger partial charge in [0, 0.05) is 11.5 Å². The van der Waals surface area contributed by atoms with Crippen molar-refractivity contribution in [2.75, 3.05) is 18.1 Å². The van der Waals surface area contributed by atoms with Crippen molar-refractivity contribution < 1.29 is 19.2 Å². The second-order valence-corrected chi connectivity index (χ2v) is 7.51. The molecule has 0 saturated carbocycles. The Kier molecular flexibility index (Phi) is 5.27. The van der Waals surface area contributed by atoms with Gasteiger partial charge in [0.2, 0.25) is 0 Å². The fourth-order valence-corrected chi connectivity index (χ4v) is 3.61. The van der Waals surface area contributed by atoms with E-state index in [1.54, 1.807) is 11.0 Å². The van der Waals surface area contributed by atoms with E-state index in [0.29, 0.717) is 18.0 Å². The lowest BCUT2D eigenvalue weighted by Crippen LogP contribution is -2.49. The Morgan fingerprint density at radius 2 is 1.90 bits per heavy atom. The van der Waals surface area contributed by atoms with E-state index in [4.69, 9.17) is 9.47 Å². The topological polar surface area (TPSA) is 81.9 Å². The number of nitro groups is 1. The molecule has 1 aliphatic rings. The highest BCUT2D eigenvalue weighted by atomic mass is 16.6. The number of hydrogen-bond acceptors (Lipinski definition) is 5. The molecule has 4 rings (SSSR count). The smallest absolute Gasteiger partial charge is 0.273 e. The third kappa shape index (κ3) is 3.66. The Bertz CT molecular complexity index is 1110. The van der Waals surface area contributed by atoms with E-state index in [1.807, 2.05) is 56.3 Å². The Morgan fingerprint density at radius 1 is 1.13 bits per heavy atom. The largest absolute Gasteiger partial charge is 0.491 e. The van der Waals surface area contributed by atoms with Gasteiger partial charge in [0.1, 0.15) is 12.4 Å². The summed E-state index contributed by atoms with van der Waals surface area (Å²) in [6.07, 6.45) is -0.697. The molecule has 154 valence electrons. The van der Waals surface area contributed by atoms with Gasteiger partial charge >= 0.3 is 0 Å². The van der Waals surface area contributed by atoms with Crippen LogP contribution in [0.4, 0.5) is 11.4 Å². The van der Waals surface area contributed by atoms with Crippen LogP contribution in [0.15, 0.2) is 60.7 Å². The van der Waals surface area contributed by atoms with Gasteiger partial charge in [-0.15, -0.1) is 0 Å². The number of carbonyl (C=O) groups excluding carboxylic acids is 1. The van der Waals surface area contributed by atoms with Gasteiger partial charge in [-0.05, 0) is 23.4 Å². The first-order valence-electron chi connectivity index (χ1n) is 9.83. The number of hydrogen-bond donors (Lipinski definition) is 0. The maximum atomic E-state index is 13.0. The minimum atomic E-state index is -0.697. The molecule has 3 aromatic carbocycles. The van der Waals surface area contributed by atoms with Crippen molar-refractivity contribution in [3.63, 3.8) is 0 Å². The maximum absolute atomic E-state index is 13.0. The van der Waals surface area contributed by atoms with Crippen LogP contribution in [0.5, 0.6) is 11.5 Å². The molecule has 1 amide bonds. The number of nitro benzene ring substituents is 1. The van der Waals surface area contributed by atoms with Crippen LogP contribution in [0.2, 0.25) is 0 Å². The lowest BCUT2D eigenvalue weighted by Gasteiger charge is -2.35. The highest BCUT2D eigenvalue weighted by Gasteiger charge is 2.37. The standard InChI is InChI=1S/C23H22N2O5/c1-15(2)22-23(26)24(19-11-10-17(25(27)28)14-21(19)30-22)12-13-29-20-9-5-7-16-6-3-4-8-18(16)20/h3-11,14-15,22H,12-13H2,1-2H3. The first-order chi connectivity index (χ1) is 14.5. The van der Waals surface area contributed by atoms with Crippen LogP contribution in [0.3, 0.4) is 0 Å². The van der Waals surface area contributed by atoms with Crippen molar-refractivity contribution in [1.82, 2.24) is 0 Å². The Balaban J connectivity index is 1.58. The average Bonchev–Trinajstić information content (AvgIpc) is 2.74. The second kappa shape index (κ2) is 8.02. The number of carbonyl (C=O) groups is 1. The van der Waals surface area contributed by atoms with Crippen LogP contribution in [0.25, 0.3) is 10.8 Å². The Labute approximate surface area is 174 Å². The molecule has 1 unspecified atom stereocenters. The van der Waals surface area contributed by atoms with E-state index in [2.05, 4.69) is 0 Å². The minimum absolute atomic E-state index is 0.0717. The van der Waals surface area contributed by atoms with Crippen LogP contribution >= 0.6 is 0 Å². The first kappa shape index (κ1) is 19.7. The molecule has 1 atom stereocenters. The Hall–Kier alpha value is -3.61. The molecule has 0 saturated heterocycles. The average molecular weight is 406 g/mol. The van der Waals surface area contributed by atoms with Crippen molar-refractivity contribution in [2.45, 2.75) is 20.0 Å². The molecule has 3 aromatic rings. The number of amides is 1. The normalized spacial score (nSPS) is 15.8. The molecular weight excluding hydrogens is 384 g/mol. The summed E-state index contributed by atoms with van der Waals surface area (Å²) in [7, 11) is 0. The molecule has 7 heteroatoms. The third-order valence-electron chi connectivity index (χ3n) is 5.14. The van der Waals surface area contributed by atoms with Crippen molar-refractivity contribution >= 4 is 28.1 Å². The quantitative estimate of drug-likeness (QED) is 0.442. The molecular formula is C23H22N2O5. The molecule has 0 N–H and O–H groups in total. The van der Waals surface area contributed by atoms with Crippen LogP contribution in [0.1, 0.15) is 13.8 Å². The fraction of sp³-hybridized carbons (Fsp3) is 0.261. The van der Waals surface area contributed by atoms with E-state index in [-0.39, 0.29) is 24.1 Å². The number of non-ortho nitro benzene ring substituents is 1. The van der Waals surface area contributed by atoms with Gasteiger partial charge in [-0.1, -0.05) is 50.2 Å². The van der Waals surface area contributed by atoms with Gasteiger partial charge in [-0.3, -0.25) is 14.9 Å². The van der Waals surface area contributed by atoms with Gasteiger partial charge in [-0.2, -0.15) is 0 Å². The van der Waals surface area contributed by atoms with E-state index >= 15 is 0 Å². The van der Waals surface area contributed by atoms with Gasteiger partial charge < -0.3 is 14.4 Å². The number of anilines is 1. The molecule has 0 fully saturated rings. The van der Waals surface area contributed by atoms with Crippen LogP contribution in [-0.4, -0.2) is 30.1 Å². The Morgan fingerprint density at radius 3 is 2.67 bits per heavy atom. The van der Waals surface area contributed by atoms with Crippen molar-refractivity contribution in [3.05, 3.63) is 70.8 Å². The van der Waals surface area contributed by atoms with Crippen molar-refractivity contribution in [3.8, 4) is 11.5 Å². The van der Waals surface area contributed by atoms with Crippen molar-refractivity contribution in [1.29, 1.82) is 0 Å².